The van der Waals surface area contributed by atoms with Crippen LogP contribution in [0.5, 0.6) is 0 Å². The molecule has 0 heterocycles. The number of halogens is 3. The number of nitro groups is 2. The molecule has 2 aromatic carbocycles. The van der Waals surface area contributed by atoms with Gasteiger partial charge in [0.25, 0.3) is 11.4 Å². The molecule has 11 heteroatoms. The maximum Gasteiger partial charge on any atom is 0.269 e. The van der Waals surface area contributed by atoms with Crippen molar-refractivity contribution < 1.29 is 9.85 Å². The first-order valence-electron chi connectivity index (χ1n) is 6.21. The van der Waals surface area contributed by atoms with Crippen LogP contribution in [0.25, 0.3) is 0 Å². The van der Waals surface area contributed by atoms with E-state index in [1.807, 2.05) is 0 Å². The summed E-state index contributed by atoms with van der Waals surface area (Å²) < 4.78 is 1.09. The zero-order chi connectivity index (χ0) is 17.9. The van der Waals surface area contributed by atoms with Gasteiger partial charge in [0.1, 0.15) is 0 Å². The van der Waals surface area contributed by atoms with Gasteiger partial charge in [0, 0.05) is 40.4 Å². The fourth-order valence-electron chi connectivity index (χ4n) is 1.71. The Kier molecular flexibility index (Phi) is 5.76. The van der Waals surface area contributed by atoms with Crippen molar-refractivity contribution in [2.24, 2.45) is 0 Å². The number of benzene rings is 2. The van der Waals surface area contributed by atoms with Crippen LogP contribution in [0.4, 0.5) is 17.1 Å². The molecule has 0 aliphatic carbocycles. The number of hydrogen-bond donors (Lipinski definition) is 1. The minimum Gasteiger partial charge on any atom is -0.326 e. The van der Waals surface area contributed by atoms with Crippen LogP contribution in [0.3, 0.4) is 0 Å². The summed E-state index contributed by atoms with van der Waals surface area (Å²) in [6.45, 7) is 0. The van der Waals surface area contributed by atoms with Crippen LogP contribution in [0.15, 0.2) is 47.4 Å². The number of nitrogens with zero attached hydrogens (tertiary/aromatic N) is 2. The van der Waals surface area contributed by atoms with Crippen LogP contribution in [0, 0.1) is 20.2 Å². The van der Waals surface area contributed by atoms with Crippen LogP contribution in [0.2, 0.25) is 0 Å². The van der Waals surface area contributed by atoms with Gasteiger partial charge in [-0.2, -0.15) is 0 Å². The highest BCUT2D eigenvalue weighted by Gasteiger charge is 2.28. The fraction of sp³-hybridized carbons (Fsp3) is 0.0769. The van der Waals surface area contributed by atoms with Gasteiger partial charge >= 0.3 is 0 Å². The number of nitro benzene ring substituents is 2. The van der Waals surface area contributed by atoms with Crippen molar-refractivity contribution in [2.75, 3.05) is 4.72 Å². The first kappa shape index (κ1) is 18.6. The Hall–Kier alpha value is -1.74. The van der Waals surface area contributed by atoms with Gasteiger partial charge in [0.15, 0.2) is 0 Å². The largest absolute Gasteiger partial charge is 0.326 e. The van der Waals surface area contributed by atoms with Crippen molar-refractivity contribution in [3.05, 3.63) is 68.3 Å². The average molecular weight is 409 g/mol. The van der Waals surface area contributed by atoms with Crippen molar-refractivity contribution in [2.45, 2.75) is 8.69 Å². The Balaban J connectivity index is 2.22. The number of anilines is 1. The van der Waals surface area contributed by atoms with Crippen molar-refractivity contribution >= 4 is 63.8 Å². The van der Waals surface area contributed by atoms with E-state index < -0.39 is 13.6 Å². The molecule has 0 radical (unpaired) electrons. The van der Waals surface area contributed by atoms with Crippen molar-refractivity contribution in [3.63, 3.8) is 0 Å². The second-order valence-electron chi connectivity index (χ2n) is 4.44. The van der Waals surface area contributed by atoms with E-state index in [9.17, 15) is 20.2 Å². The molecule has 0 fully saturated rings. The van der Waals surface area contributed by atoms with E-state index >= 15 is 0 Å². The molecule has 0 atom stereocenters. The quantitative estimate of drug-likeness (QED) is 0.306. The second-order valence-corrected chi connectivity index (χ2v) is 7.57. The Bertz CT molecular complexity index is 781. The molecule has 0 aliphatic rings. The molecule has 2 rings (SSSR count). The summed E-state index contributed by atoms with van der Waals surface area (Å²) in [6, 6.07) is 9.66. The molecule has 0 unspecified atom stereocenters. The molecule has 24 heavy (non-hydrogen) atoms. The molecule has 7 nitrogen and oxygen atoms in total. The number of nitrogens with one attached hydrogen (secondary N) is 1. The maximum atomic E-state index is 10.9. The highest BCUT2D eigenvalue weighted by Crippen LogP contribution is 2.44. The molecule has 2 aromatic rings. The SMILES string of the molecule is O=[N+]([O-])c1ccc(NSc2ccc([N+](=O)[O-])cc2C(Cl)(Cl)Cl)cc1. The third-order valence-electron chi connectivity index (χ3n) is 2.84. The standard InChI is InChI=1S/C13H8Cl3N3O4S/c14-13(15,16)11-7-10(19(22)23)5-6-12(11)24-17-8-1-3-9(4-2-8)18(20)21/h1-7,17H. The van der Waals surface area contributed by atoms with Crippen molar-refractivity contribution in [3.8, 4) is 0 Å². The summed E-state index contributed by atoms with van der Waals surface area (Å²) in [6.07, 6.45) is 0. The van der Waals surface area contributed by atoms with Gasteiger partial charge in [-0.05, 0) is 30.1 Å². The van der Waals surface area contributed by atoms with Gasteiger partial charge in [0.2, 0.25) is 3.79 Å². The molecule has 0 saturated carbocycles. The zero-order valence-electron chi connectivity index (χ0n) is 11.6. The topological polar surface area (TPSA) is 98.3 Å². The second kappa shape index (κ2) is 7.43. The average Bonchev–Trinajstić information content (AvgIpc) is 2.52. The summed E-state index contributed by atoms with van der Waals surface area (Å²) in [5.41, 5.74) is 0.499. The van der Waals surface area contributed by atoms with Gasteiger partial charge < -0.3 is 4.72 Å². The molecule has 0 aromatic heterocycles. The molecule has 0 saturated heterocycles. The molecular formula is C13H8Cl3N3O4S. The smallest absolute Gasteiger partial charge is 0.269 e. The highest BCUT2D eigenvalue weighted by molar-refractivity contribution is 8.00. The third-order valence-corrected chi connectivity index (χ3v) is 4.36. The first-order valence-corrected chi connectivity index (χ1v) is 8.16. The lowest BCUT2D eigenvalue weighted by atomic mass is 10.2. The van der Waals surface area contributed by atoms with E-state index in [2.05, 4.69) is 4.72 Å². The summed E-state index contributed by atoms with van der Waals surface area (Å²) in [7, 11) is 0. The van der Waals surface area contributed by atoms with Gasteiger partial charge in [-0.3, -0.25) is 20.2 Å². The maximum absolute atomic E-state index is 10.9. The van der Waals surface area contributed by atoms with Crippen LogP contribution in [-0.4, -0.2) is 9.85 Å². The van der Waals surface area contributed by atoms with E-state index in [0.717, 1.165) is 11.9 Å². The summed E-state index contributed by atoms with van der Waals surface area (Å²) in [4.78, 5) is 20.9. The van der Waals surface area contributed by atoms with Gasteiger partial charge in [0.05, 0.1) is 9.85 Å². The minimum absolute atomic E-state index is 0.0390. The summed E-state index contributed by atoms with van der Waals surface area (Å²) >= 11 is 18.7. The molecule has 0 amide bonds. The number of hydrogen-bond acceptors (Lipinski definition) is 6. The van der Waals surface area contributed by atoms with E-state index in [1.165, 1.54) is 42.5 Å². The molecule has 0 bridgehead atoms. The van der Waals surface area contributed by atoms with E-state index in [-0.39, 0.29) is 16.9 Å². The fourth-order valence-corrected chi connectivity index (χ4v) is 3.17. The van der Waals surface area contributed by atoms with Crippen LogP contribution >= 0.6 is 46.8 Å². The highest BCUT2D eigenvalue weighted by atomic mass is 35.6. The van der Waals surface area contributed by atoms with Crippen LogP contribution in [-0.2, 0) is 3.79 Å². The van der Waals surface area contributed by atoms with E-state index in [0.29, 0.717) is 10.6 Å². The summed E-state index contributed by atoms with van der Waals surface area (Å²) in [5, 5.41) is 21.5. The van der Waals surface area contributed by atoms with E-state index in [4.69, 9.17) is 34.8 Å². The number of alkyl halides is 3. The van der Waals surface area contributed by atoms with Crippen LogP contribution in [0.1, 0.15) is 5.56 Å². The van der Waals surface area contributed by atoms with Gasteiger partial charge in [-0.1, -0.05) is 34.8 Å². The first-order chi connectivity index (χ1) is 11.2. The van der Waals surface area contributed by atoms with E-state index in [1.54, 1.807) is 0 Å². The molecular weight excluding hydrogens is 401 g/mol. The monoisotopic (exact) mass is 407 g/mol. The van der Waals surface area contributed by atoms with Gasteiger partial charge in [-0.25, -0.2) is 0 Å². The predicted octanol–water partition coefficient (Wildman–Crippen LogP) is 5.45. The lowest BCUT2D eigenvalue weighted by molar-refractivity contribution is -0.385. The molecule has 126 valence electrons. The lowest BCUT2D eigenvalue weighted by Crippen LogP contribution is -2.04. The Morgan fingerprint density at radius 2 is 1.46 bits per heavy atom. The Labute approximate surface area is 155 Å². The number of rotatable bonds is 5. The van der Waals surface area contributed by atoms with Gasteiger partial charge in [-0.15, -0.1) is 0 Å². The zero-order valence-corrected chi connectivity index (χ0v) is 14.7. The normalized spacial score (nSPS) is 11.1. The van der Waals surface area contributed by atoms with Crippen molar-refractivity contribution in [1.29, 1.82) is 0 Å². The predicted molar refractivity (Wildman–Crippen MR) is 94.9 cm³/mol. The minimum atomic E-state index is -1.84. The Morgan fingerprint density at radius 1 is 0.917 bits per heavy atom. The third kappa shape index (κ3) is 4.64. The Morgan fingerprint density at radius 3 is 1.96 bits per heavy atom. The van der Waals surface area contributed by atoms with Crippen LogP contribution < -0.4 is 4.72 Å². The number of non-ortho nitro benzene ring substituents is 2. The van der Waals surface area contributed by atoms with Crippen molar-refractivity contribution in [1.82, 2.24) is 0 Å². The molecule has 0 aliphatic heterocycles. The summed E-state index contributed by atoms with van der Waals surface area (Å²) in [5.74, 6) is 0. The molecule has 1 N–H and O–H groups in total. The lowest BCUT2D eigenvalue weighted by Gasteiger charge is -2.16. The molecule has 0 spiro atoms.